The average molecular weight is 303 g/mol. The van der Waals surface area contributed by atoms with Crippen LogP contribution in [0.1, 0.15) is 42.3 Å². The van der Waals surface area contributed by atoms with Gasteiger partial charge in [0.25, 0.3) is 0 Å². The Morgan fingerprint density at radius 3 is 2.90 bits per heavy atom. The van der Waals surface area contributed by atoms with E-state index in [2.05, 4.69) is 23.3 Å². The molecule has 0 amide bonds. The molecule has 3 nitrogen and oxygen atoms in total. The first-order chi connectivity index (χ1) is 10.2. The number of aryl methyl sites for hydroxylation is 1. The van der Waals surface area contributed by atoms with Crippen LogP contribution in [0.15, 0.2) is 36.5 Å². The lowest BCUT2D eigenvalue weighted by molar-refractivity contribution is 0.152. The number of pyridine rings is 1. The molecule has 2 heterocycles. The minimum Gasteiger partial charge on any atom is -0.485 e. The molecule has 3 rings (SSSR count). The molecule has 0 spiro atoms. The van der Waals surface area contributed by atoms with E-state index in [1.54, 1.807) is 0 Å². The van der Waals surface area contributed by atoms with Crippen molar-refractivity contribution in [1.29, 1.82) is 0 Å². The van der Waals surface area contributed by atoms with Crippen LogP contribution in [-0.2, 0) is 0 Å². The van der Waals surface area contributed by atoms with Crippen LogP contribution in [0.4, 0.5) is 0 Å². The first-order valence-corrected chi connectivity index (χ1v) is 7.67. The highest BCUT2D eigenvalue weighted by molar-refractivity contribution is 6.30. The second-order valence-corrected chi connectivity index (χ2v) is 5.80. The summed E-state index contributed by atoms with van der Waals surface area (Å²) in [5.41, 5.74) is 3.27. The minimum atomic E-state index is 0.0239. The van der Waals surface area contributed by atoms with Gasteiger partial charge in [-0.1, -0.05) is 24.6 Å². The van der Waals surface area contributed by atoms with Crippen LogP contribution in [0.3, 0.4) is 0 Å². The van der Waals surface area contributed by atoms with Crippen molar-refractivity contribution < 1.29 is 4.74 Å². The Morgan fingerprint density at radius 2 is 2.19 bits per heavy atom. The van der Waals surface area contributed by atoms with E-state index in [0.29, 0.717) is 0 Å². The summed E-state index contributed by atoms with van der Waals surface area (Å²) in [6.45, 7) is 5.02. The number of hydrogen-bond acceptors (Lipinski definition) is 3. The summed E-state index contributed by atoms with van der Waals surface area (Å²) in [5, 5.41) is 4.27. The standard InChI is InChI=1S/C17H19ClN2O/c1-3-19-15-9-17(12-5-4-11(2)20-10-12)21-16-7-6-13(18)8-14(15)16/h4-8,10,15,17,19H,3,9H2,1-2H3. The first-order valence-electron chi connectivity index (χ1n) is 7.29. The van der Waals surface area contributed by atoms with E-state index in [-0.39, 0.29) is 12.1 Å². The number of hydrogen-bond donors (Lipinski definition) is 1. The third-order valence-corrected chi connectivity index (χ3v) is 4.06. The van der Waals surface area contributed by atoms with Gasteiger partial charge in [0, 0.05) is 40.5 Å². The van der Waals surface area contributed by atoms with Crippen LogP contribution < -0.4 is 10.1 Å². The maximum atomic E-state index is 6.15. The summed E-state index contributed by atoms with van der Waals surface area (Å²) in [6.07, 6.45) is 2.81. The van der Waals surface area contributed by atoms with Crippen LogP contribution in [0.2, 0.25) is 5.02 Å². The van der Waals surface area contributed by atoms with Gasteiger partial charge in [0.2, 0.25) is 0 Å². The fourth-order valence-corrected chi connectivity index (χ4v) is 2.94. The van der Waals surface area contributed by atoms with E-state index in [1.807, 2.05) is 37.4 Å². The lowest BCUT2D eigenvalue weighted by atomic mass is 9.93. The summed E-state index contributed by atoms with van der Waals surface area (Å²) in [4.78, 5) is 4.37. The van der Waals surface area contributed by atoms with Gasteiger partial charge in [-0.2, -0.15) is 0 Å². The lowest BCUT2D eigenvalue weighted by Gasteiger charge is -2.33. The van der Waals surface area contributed by atoms with E-state index in [4.69, 9.17) is 16.3 Å². The van der Waals surface area contributed by atoms with Gasteiger partial charge < -0.3 is 10.1 Å². The monoisotopic (exact) mass is 302 g/mol. The molecule has 2 atom stereocenters. The van der Waals surface area contributed by atoms with Gasteiger partial charge in [0.1, 0.15) is 11.9 Å². The Morgan fingerprint density at radius 1 is 1.33 bits per heavy atom. The third-order valence-electron chi connectivity index (χ3n) is 3.82. The second-order valence-electron chi connectivity index (χ2n) is 5.37. The topological polar surface area (TPSA) is 34.2 Å². The molecule has 0 fully saturated rings. The Bertz CT molecular complexity index is 627. The van der Waals surface area contributed by atoms with E-state index in [1.165, 1.54) is 0 Å². The predicted molar refractivity (Wildman–Crippen MR) is 84.8 cm³/mol. The highest BCUT2D eigenvalue weighted by atomic mass is 35.5. The molecule has 0 aliphatic carbocycles. The number of ether oxygens (including phenoxy) is 1. The summed E-state index contributed by atoms with van der Waals surface area (Å²) in [7, 11) is 0. The molecule has 2 unspecified atom stereocenters. The number of aromatic nitrogens is 1. The van der Waals surface area contributed by atoms with Gasteiger partial charge in [0.15, 0.2) is 0 Å². The quantitative estimate of drug-likeness (QED) is 0.922. The van der Waals surface area contributed by atoms with Crippen molar-refractivity contribution in [3.63, 3.8) is 0 Å². The highest BCUT2D eigenvalue weighted by Crippen LogP contribution is 2.41. The Balaban J connectivity index is 1.93. The van der Waals surface area contributed by atoms with Gasteiger partial charge in [-0.3, -0.25) is 4.98 Å². The maximum absolute atomic E-state index is 6.15. The predicted octanol–water partition coefficient (Wildman–Crippen LogP) is 4.22. The van der Waals surface area contributed by atoms with Crippen LogP contribution in [0.5, 0.6) is 5.75 Å². The highest BCUT2D eigenvalue weighted by Gasteiger charge is 2.29. The van der Waals surface area contributed by atoms with Crippen LogP contribution in [0.25, 0.3) is 0 Å². The van der Waals surface area contributed by atoms with Gasteiger partial charge >= 0.3 is 0 Å². The molecule has 1 N–H and O–H groups in total. The van der Waals surface area contributed by atoms with E-state index < -0.39 is 0 Å². The molecule has 0 radical (unpaired) electrons. The molecular weight excluding hydrogens is 284 g/mol. The first kappa shape index (κ1) is 14.4. The zero-order valence-corrected chi connectivity index (χ0v) is 13.0. The van der Waals surface area contributed by atoms with Crippen molar-refractivity contribution in [2.75, 3.05) is 6.54 Å². The Kier molecular flexibility index (Phi) is 4.13. The van der Waals surface area contributed by atoms with Crippen molar-refractivity contribution >= 4 is 11.6 Å². The maximum Gasteiger partial charge on any atom is 0.127 e. The summed E-state index contributed by atoms with van der Waals surface area (Å²) < 4.78 is 6.15. The summed E-state index contributed by atoms with van der Waals surface area (Å²) >= 11 is 6.12. The number of fused-ring (bicyclic) bond motifs is 1. The number of halogens is 1. The number of benzene rings is 1. The van der Waals surface area contributed by atoms with Crippen LogP contribution in [0, 0.1) is 6.92 Å². The number of nitrogens with one attached hydrogen (secondary N) is 1. The molecule has 1 aromatic carbocycles. The Hall–Kier alpha value is -1.58. The average Bonchev–Trinajstić information content (AvgIpc) is 2.48. The normalized spacial score (nSPS) is 20.7. The number of nitrogens with zero attached hydrogens (tertiary/aromatic N) is 1. The van der Waals surface area contributed by atoms with E-state index >= 15 is 0 Å². The summed E-state index contributed by atoms with van der Waals surface area (Å²) in [5.74, 6) is 0.905. The molecule has 0 saturated heterocycles. The smallest absolute Gasteiger partial charge is 0.127 e. The largest absolute Gasteiger partial charge is 0.485 e. The Labute approximate surface area is 130 Å². The molecular formula is C17H19ClN2O. The van der Waals surface area contributed by atoms with Crippen molar-refractivity contribution in [2.24, 2.45) is 0 Å². The fraction of sp³-hybridized carbons (Fsp3) is 0.353. The molecule has 110 valence electrons. The van der Waals surface area contributed by atoms with Crippen molar-refractivity contribution in [3.05, 3.63) is 58.4 Å². The molecule has 1 aliphatic rings. The van der Waals surface area contributed by atoms with Crippen molar-refractivity contribution in [1.82, 2.24) is 10.3 Å². The van der Waals surface area contributed by atoms with Gasteiger partial charge in [0.05, 0.1) is 0 Å². The van der Waals surface area contributed by atoms with Gasteiger partial charge in [-0.05, 0) is 37.7 Å². The second kappa shape index (κ2) is 6.04. The minimum absolute atomic E-state index is 0.0239. The molecule has 0 bridgehead atoms. The molecule has 1 aliphatic heterocycles. The number of rotatable bonds is 3. The van der Waals surface area contributed by atoms with Gasteiger partial charge in [-0.25, -0.2) is 0 Å². The SMILES string of the molecule is CCNC1CC(c2ccc(C)nc2)Oc2ccc(Cl)cc21. The molecule has 0 saturated carbocycles. The zero-order chi connectivity index (χ0) is 14.8. The fourth-order valence-electron chi connectivity index (χ4n) is 2.75. The lowest BCUT2D eigenvalue weighted by Crippen LogP contribution is -2.29. The zero-order valence-electron chi connectivity index (χ0n) is 12.3. The van der Waals surface area contributed by atoms with Crippen molar-refractivity contribution in [2.45, 2.75) is 32.4 Å². The summed E-state index contributed by atoms with van der Waals surface area (Å²) in [6, 6.07) is 10.2. The molecule has 2 aromatic rings. The van der Waals surface area contributed by atoms with E-state index in [9.17, 15) is 0 Å². The van der Waals surface area contributed by atoms with Crippen LogP contribution >= 0.6 is 11.6 Å². The molecule has 4 heteroatoms. The van der Waals surface area contributed by atoms with Crippen LogP contribution in [-0.4, -0.2) is 11.5 Å². The molecule has 1 aromatic heterocycles. The third kappa shape index (κ3) is 3.04. The molecule has 21 heavy (non-hydrogen) atoms. The van der Waals surface area contributed by atoms with E-state index in [0.717, 1.165) is 40.6 Å². The van der Waals surface area contributed by atoms with Crippen molar-refractivity contribution in [3.8, 4) is 5.75 Å². The van der Waals surface area contributed by atoms with Gasteiger partial charge in [-0.15, -0.1) is 0 Å².